The highest BCUT2D eigenvalue weighted by molar-refractivity contribution is 7.89. The minimum absolute atomic E-state index is 0.0209. The minimum atomic E-state index is -3.45. The number of morpholine rings is 1. The molecule has 168 valence electrons. The molecule has 1 saturated heterocycles. The van der Waals surface area contributed by atoms with Crippen LogP contribution in [-0.4, -0.2) is 69.3 Å². The fourth-order valence-corrected chi connectivity index (χ4v) is 4.94. The number of para-hydroxylation sites is 1. The molecule has 1 amide bonds. The van der Waals surface area contributed by atoms with Crippen molar-refractivity contribution in [3.05, 3.63) is 60.2 Å². The molecule has 1 fully saturated rings. The van der Waals surface area contributed by atoms with Crippen LogP contribution in [0.25, 0.3) is 22.2 Å². The van der Waals surface area contributed by atoms with Gasteiger partial charge in [0.15, 0.2) is 0 Å². The van der Waals surface area contributed by atoms with E-state index in [1.165, 1.54) is 4.31 Å². The van der Waals surface area contributed by atoms with Crippen LogP contribution in [0.5, 0.6) is 5.75 Å². The zero-order valence-corrected chi connectivity index (χ0v) is 18.6. The summed E-state index contributed by atoms with van der Waals surface area (Å²) in [6.45, 7) is 1.49. The number of nitrogens with zero attached hydrogens (tertiary/aromatic N) is 2. The highest BCUT2D eigenvalue weighted by Crippen LogP contribution is 2.26. The molecule has 1 aliphatic rings. The van der Waals surface area contributed by atoms with Gasteiger partial charge in [0, 0.05) is 30.6 Å². The standard InChI is InChI=1S/C23H25N3O5S/c1-30-18-8-6-17(7-9-18)22-16-20(19-4-2-3-5-21(19)25-22)23(27)24-10-15-32(28,29)26-11-13-31-14-12-26/h2-9,16H,10-15H2,1H3,(H,24,27). The van der Waals surface area contributed by atoms with E-state index in [9.17, 15) is 13.2 Å². The van der Waals surface area contributed by atoms with E-state index < -0.39 is 10.0 Å². The lowest BCUT2D eigenvalue weighted by molar-refractivity contribution is 0.0730. The monoisotopic (exact) mass is 455 g/mol. The van der Waals surface area contributed by atoms with E-state index in [2.05, 4.69) is 10.3 Å². The quantitative estimate of drug-likeness (QED) is 0.587. The van der Waals surface area contributed by atoms with Crippen LogP contribution in [0, 0.1) is 0 Å². The van der Waals surface area contributed by atoms with Crippen molar-refractivity contribution in [2.75, 3.05) is 45.7 Å². The first-order valence-electron chi connectivity index (χ1n) is 10.4. The van der Waals surface area contributed by atoms with Gasteiger partial charge in [-0.05, 0) is 36.4 Å². The van der Waals surface area contributed by atoms with Crippen molar-refractivity contribution in [3.63, 3.8) is 0 Å². The van der Waals surface area contributed by atoms with Crippen LogP contribution in [0.4, 0.5) is 0 Å². The van der Waals surface area contributed by atoms with Gasteiger partial charge in [-0.15, -0.1) is 0 Å². The number of carbonyl (C=O) groups is 1. The number of amides is 1. The predicted octanol–water partition coefficient (Wildman–Crippen LogP) is 2.30. The third-order valence-electron chi connectivity index (χ3n) is 5.36. The summed E-state index contributed by atoms with van der Waals surface area (Å²) in [5.41, 5.74) is 2.63. The lowest BCUT2D eigenvalue weighted by Gasteiger charge is -2.26. The first-order chi connectivity index (χ1) is 15.5. The number of aromatic nitrogens is 1. The number of nitrogens with one attached hydrogen (secondary N) is 1. The van der Waals surface area contributed by atoms with Gasteiger partial charge in [0.05, 0.1) is 42.9 Å². The van der Waals surface area contributed by atoms with Crippen molar-refractivity contribution in [1.82, 2.24) is 14.6 Å². The van der Waals surface area contributed by atoms with Gasteiger partial charge in [0.2, 0.25) is 10.0 Å². The van der Waals surface area contributed by atoms with Crippen LogP contribution in [0.3, 0.4) is 0 Å². The molecule has 2 heterocycles. The minimum Gasteiger partial charge on any atom is -0.497 e. The number of methoxy groups -OCH3 is 1. The van der Waals surface area contributed by atoms with E-state index in [0.717, 1.165) is 11.3 Å². The summed E-state index contributed by atoms with van der Waals surface area (Å²) in [7, 11) is -1.84. The van der Waals surface area contributed by atoms with Crippen molar-refractivity contribution in [2.24, 2.45) is 0 Å². The molecule has 32 heavy (non-hydrogen) atoms. The van der Waals surface area contributed by atoms with Crippen molar-refractivity contribution < 1.29 is 22.7 Å². The first-order valence-corrected chi connectivity index (χ1v) is 12.0. The highest BCUT2D eigenvalue weighted by atomic mass is 32.2. The third-order valence-corrected chi connectivity index (χ3v) is 7.23. The molecule has 0 unspecified atom stereocenters. The normalized spacial score (nSPS) is 14.9. The van der Waals surface area contributed by atoms with Crippen molar-refractivity contribution in [3.8, 4) is 17.0 Å². The molecule has 0 spiro atoms. The lowest BCUT2D eigenvalue weighted by atomic mass is 10.0. The zero-order chi connectivity index (χ0) is 22.6. The number of fused-ring (bicyclic) bond motifs is 1. The molecule has 1 N–H and O–H groups in total. The number of rotatable bonds is 7. The van der Waals surface area contributed by atoms with Gasteiger partial charge in [-0.2, -0.15) is 4.31 Å². The Bertz CT molecular complexity index is 1210. The maximum atomic E-state index is 13.0. The van der Waals surface area contributed by atoms with Gasteiger partial charge in [0.25, 0.3) is 5.91 Å². The van der Waals surface area contributed by atoms with Crippen molar-refractivity contribution in [1.29, 1.82) is 0 Å². The average Bonchev–Trinajstić information content (AvgIpc) is 2.83. The molecular weight excluding hydrogens is 430 g/mol. The fraction of sp³-hybridized carbons (Fsp3) is 0.304. The van der Waals surface area contributed by atoms with Crippen LogP contribution in [0.1, 0.15) is 10.4 Å². The summed E-state index contributed by atoms with van der Waals surface area (Å²) in [6, 6.07) is 16.6. The number of hydrogen-bond acceptors (Lipinski definition) is 6. The van der Waals surface area contributed by atoms with Gasteiger partial charge in [-0.25, -0.2) is 13.4 Å². The maximum absolute atomic E-state index is 13.0. The molecule has 0 aliphatic carbocycles. The van der Waals surface area contributed by atoms with Gasteiger partial charge in [0.1, 0.15) is 5.75 Å². The van der Waals surface area contributed by atoms with Crippen LogP contribution in [0.15, 0.2) is 54.6 Å². The Kier molecular flexibility index (Phi) is 6.69. The SMILES string of the molecule is COc1ccc(-c2cc(C(=O)NCCS(=O)(=O)N3CCOCC3)c3ccccc3n2)cc1. The van der Waals surface area contributed by atoms with E-state index in [1.54, 1.807) is 13.2 Å². The molecule has 0 radical (unpaired) electrons. The smallest absolute Gasteiger partial charge is 0.252 e. The summed E-state index contributed by atoms with van der Waals surface area (Å²) in [6.07, 6.45) is 0. The second kappa shape index (κ2) is 9.64. The zero-order valence-electron chi connectivity index (χ0n) is 17.8. The molecule has 0 atom stereocenters. The average molecular weight is 456 g/mol. The number of benzene rings is 2. The van der Waals surface area contributed by atoms with Gasteiger partial charge < -0.3 is 14.8 Å². The molecule has 1 aromatic heterocycles. The summed E-state index contributed by atoms with van der Waals surface area (Å²) < 4.78 is 36.8. The van der Waals surface area contributed by atoms with Crippen LogP contribution < -0.4 is 10.1 Å². The lowest BCUT2D eigenvalue weighted by Crippen LogP contribution is -2.43. The van der Waals surface area contributed by atoms with Gasteiger partial charge >= 0.3 is 0 Å². The predicted molar refractivity (Wildman–Crippen MR) is 122 cm³/mol. The highest BCUT2D eigenvalue weighted by Gasteiger charge is 2.24. The van der Waals surface area contributed by atoms with Crippen molar-refractivity contribution in [2.45, 2.75) is 0 Å². The first kappa shape index (κ1) is 22.2. The van der Waals surface area contributed by atoms with E-state index >= 15 is 0 Å². The van der Waals surface area contributed by atoms with Gasteiger partial charge in [-0.1, -0.05) is 18.2 Å². The number of ether oxygens (including phenoxy) is 2. The van der Waals surface area contributed by atoms with Crippen LogP contribution in [0.2, 0.25) is 0 Å². The van der Waals surface area contributed by atoms with E-state index in [-0.39, 0.29) is 18.2 Å². The Labute approximate surface area is 187 Å². The molecular formula is C23H25N3O5S. The number of sulfonamides is 1. The number of hydrogen-bond donors (Lipinski definition) is 1. The molecule has 0 saturated carbocycles. The number of carbonyl (C=O) groups excluding carboxylic acids is 1. The molecule has 3 aromatic rings. The Morgan fingerprint density at radius 3 is 2.56 bits per heavy atom. The molecule has 8 nitrogen and oxygen atoms in total. The molecule has 0 bridgehead atoms. The Morgan fingerprint density at radius 1 is 1.12 bits per heavy atom. The van der Waals surface area contributed by atoms with E-state index in [4.69, 9.17) is 9.47 Å². The number of pyridine rings is 1. The Balaban J connectivity index is 1.55. The largest absolute Gasteiger partial charge is 0.497 e. The second-order valence-corrected chi connectivity index (χ2v) is 9.47. The molecule has 9 heteroatoms. The third kappa shape index (κ3) is 4.90. The van der Waals surface area contributed by atoms with E-state index in [0.29, 0.717) is 48.5 Å². The Morgan fingerprint density at radius 2 is 1.84 bits per heavy atom. The van der Waals surface area contributed by atoms with Crippen molar-refractivity contribution >= 4 is 26.8 Å². The maximum Gasteiger partial charge on any atom is 0.252 e. The van der Waals surface area contributed by atoms with Crippen LogP contribution in [-0.2, 0) is 14.8 Å². The van der Waals surface area contributed by atoms with Crippen LogP contribution >= 0.6 is 0 Å². The Hall–Kier alpha value is -3.01. The summed E-state index contributed by atoms with van der Waals surface area (Å²) in [5.74, 6) is 0.233. The summed E-state index contributed by atoms with van der Waals surface area (Å²) in [4.78, 5) is 17.7. The fourth-order valence-electron chi connectivity index (χ4n) is 3.62. The van der Waals surface area contributed by atoms with E-state index in [1.807, 2.05) is 48.5 Å². The second-order valence-electron chi connectivity index (χ2n) is 7.38. The van der Waals surface area contributed by atoms with Gasteiger partial charge in [-0.3, -0.25) is 4.79 Å². The molecule has 1 aliphatic heterocycles. The topological polar surface area (TPSA) is 97.8 Å². The summed E-state index contributed by atoms with van der Waals surface area (Å²) >= 11 is 0. The molecule has 2 aromatic carbocycles. The molecule has 4 rings (SSSR count). The summed E-state index contributed by atoms with van der Waals surface area (Å²) in [5, 5.41) is 3.47.